The fourth-order valence-corrected chi connectivity index (χ4v) is 4.44. The van der Waals surface area contributed by atoms with Gasteiger partial charge in [-0.3, -0.25) is 9.59 Å². The highest BCUT2D eigenvalue weighted by molar-refractivity contribution is 6.31. The molecule has 1 aliphatic rings. The fourth-order valence-electron chi connectivity index (χ4n) is 4.26. The first kappa shape index (κ1) is 23.6. The van der Waals surface area contributed by atoms with E-state index in [-0.39, 0.29) is 17.8 Å². The fraction of sp³-hybridized carbons (Fsp3) is 0.207. The van der Waals surface area contributed by atoms with Gasteiger partial charge in [0.1, 0.15) is 11.9 Å². The third-order valence-corrected chi connectivity index (χ3v) is 6.28. The van der Waals surface area contributed by atoms with E-state index in [4.69, 9.17) is 21.1 Å². The van der Waals surface area contributed by atoms with Crippen LogP contribution in [0.3, 0.4) is 0 Å². The van der Waals surface area contributed by atoms with Gasteiger partial charge < -0.3 is 9.47 Å². The number of aryl methyl sites for hydroxylation is 2. The molecule has 0 amide bonds. The van der Waals surface area contributed by atoms with Crippen molar-refractivity contribution < 1.29 is 19.1 Å². The van der Waals surface area contributed by atoms with Crippen molar-refractivity contribution in [3.63, 3.8) is 0 Å². The third kappa shape index (κ3) is 4.43. The molecule has 0 saturated heterocycles. The second kappa shape index (κ2) is 9.72. The first-order chi connectivity index (χ1) is 16.3. The van der Waals surface area contributed by atoms with Gasteiger partial charge in [-0.2, -0.15) is 0 Å². The Labute approximate surface area is 204 Å². The summed E-state index contributed by atoms with van der Waals surface area (Å²) in [6, 6.07) is 20.4. The van der Waals surface area contributed by atoms with E-state index in [0.29, 0.717) is 16.3 Å². The predicted molar refractivity (Wildman–Crippen MR) is 133 cm³/mol. The molecule has 0 aromatic heterocycles. The standard InChI is InChI=1S/C29H25ClO4/c1-19-10-12-22(13-11-19)27-29(28(32)33-3,16-5-4-8-21-9-6-7-20(2)17-21)26(31)24-18-23(30)14-15-25(24)34-27/h5-15,17-18,27H,16H2,1-3H3. The van der Waals surface area contributed by atoms with Crippen LogP contribution in [-0.4, -0.2) is 18.9 Å². The van der Waals surface area contributed by atoms with Crippen LogP contribution in [0.2, 0.25) is 5.02 Å². The number of benzene rings is 3. The molecule has 1 heterocycles. The van der Waals surface area contributed by atoms with Gasteiger partial charge in [-0.1, -0.05) is 71.3 Å². The van der Waals surface area contributed by atoms with E-state index in [9.17, 15) is 9.59 Å². The lowest BCUT2D eigenvalue weighted by Crippen LogP contribution is -2.49. The second-order valence-corrected chi connectivity index (χ2v) is 8.91. The lowest BCUT2D eigenvalue weighted by molar-refractivity contribution is -0.155. The van der Waals surface area contributed by atoms with E-state index in [1.807, 2.05) is 68.5 Å². The van der Waals surface area contributed by atoms with Crippen LogP contribution >= 0.6 is 11.6 Å². The minimum Gasteiger partial charge on any atom is -0.483 e. The first-order valence-corrected chi connectivity index (χ1v) is 11.4. The van der Waals surface area contributed by atoms with Crippen molar-refractivity contribution in [3.8, 4) is 5.75 Å². The van der Waals surface area contributed by atoms with Gasteiger partial charge in [0.15, 0.2) is 11.2 Å². The van der Waals surface area contributed by atoms with E-state index in [1.165, 1.54) is 13.2 Å². The summed E-state index contributed by atoms with van der Waals surface area (Å²) in [5.41, 5.74) is 5.63. The Hall–Kier alpha value is -3.59. The highest BCUT2D eigenvalue weighted by atomic mass is 35.5. The summed E-state index contributed by atoms with van der Waals surface area (Å²) in [4.78, 5) is 27.3. The lowest BCUT2D eigenvalue weighted by atomic mass is 9.69. The number of hydrogen-bond acceptors (Lipinski definition) is 4. The summed E-state index contributed by atoms with van der Waals surface area (Å²) in [5.74, 6) is -0.664. The lowest BCUT2D eigenvalue weighted by Gasteiger charge is -2.40. The van der Waals surface area contributed by atoms with Gasteiger partial charge in [-0.15, -0.1) is 5.73 Å². The van der Waals surface area contributed by atoms with E-state index >= 15 is 0 Å². The summed E-state index contributed by atoms with van der Waals surface area (Å²) < 4.78 is 11.5. The first-order valence-electron chi connectivity index (χ1n) is 11.0. The summed E-state index contributed by atoms with van der Waals surface area (Å²) in [6.45, 7) is 3.99. The SMILES string of the molecule is COC(=O)C1(CC=C=Cc2cccc(C)c2)C(=O)c2cc(Cl)ccc2OC1c1ccc(C)cc1. The molecule has 0 N–H and O–H groups in total. The predicted octanol–water partition coefficient (Wildman–Crippen LogP) is 6.69. The van der Waals surface area contributed by atoms with Crippen LogP contribution in [0.15, 0.2) is 78.5 Å². The number of ether oxygens (including phenoxy) is 2. The molecule has 0 saturated carbocycles. The number of esters is 1. The Balaban J connectivity index is 1.84. The average Bonchev–Trinajstić information content (AvgIpc) is 2.83. The van der Waals surface area contributed by atoms with Gasteiger partial charge >= 0.3 is 5.97 Å². The van der Waals surface area contributed by atoms with Crippen LogP contribution in [0.4, 0.5) is 0 Å². The van der Waals surface area contributed by atoms with Crippen LogP contribution in [0.5, 0.6) is 5.75 Å². The summed E-state index contributed by atoms with van der Waals surface area (Å²) >= 11 is 6.18. The summed E-state index contributed by atoms with van der Waals surface area (Å²) in [7, 11) is 1.28. The number of ketones is 1. The Bertz CT molecular complexity index is 1300. The van der Waals surface area contributed by atoms with Crippen molar-refractivity contribution in [2.75, 3.05) is 7.11 Å². The van der Waals surface area contributed by atoms with E-state index in [2.05, 4.69) is 5.73 Å². The zero-order valence-corrected chi connectivity index (χ0v) is 20.1. The van der Waals surface area contributed by atoms with Crippen molar-refractivity contribution in [3.05, 3.63) is 111 Å². The molecule has 4 rings (SSSR count). The number of allylic oxidation sites excluding steroid dienone is 1. The van der Waals surface area contributed by atoms with E-state index in [0.717, 1.165) is 16.7 Å². The largest absolute Gasteiger partial charge is 0.483 e. The molecule has 5 heteroatoms. The molecular formula is C29H25ClO4. The molecule has 2 atom stereocenters. The molecule has 3 aromatic carbocycles. The number of halogens is 1. The van der Waals surface area contributed by atoms with Crippen molar-refractivity contribution in [2.45, 2.75) is 26.4 Å². The number of fused-ring (bicyclic) bond motifs is 1. The van der Waals surface area contributed by atoms with Gasteiger partial charge in [-0.25, -0.2) is 0 Å². The second-order valence-electron chi connectivity index (χ2n) is 8.47. The van der Waals surface area contributed by atoms with E-state index < -0.39 is 17.5 Å². The highest BCUT2D eigenvalue weighted by Crippen LogP contribution is 2.50. The molecule has 0 aliphatic carbocycles. The van der Waals surface area contributed by atoms with Crippen LogP contribution in [0.25, 0.3) is 6.08 Å². The number of carbonyl (C=O) groups is 2. The third-order valence-electron chi connectivity index (χ3n) is 6.05. The van der Waals surface area contributed by atoms with Crippen LogP contribution < -0.4 is 4.74 Å². The number of hydrogen-bond donors (Lipinski definition) is 0. The molecule has 34 heavy (non-hydrogen) atoms. The monoisotopic (exact) mass is 472 g/mol. The molecule has 0 fully saturated rings. The van der Waals surface area contributed by atoms with Crippen molar-refractivity contribution in [1.82, 2.24) is 0 Å². The molecule has 172 valence electrons. The Morgan fingerprint density at radius 1 is 1.09 bits per heavy atom. The highest BCUT2D eigenvalue weighted by Gasteiger charge is 2.58. The van der Waals surface area contributed by atoms with Gasteiger partial charge in [0.25, 0.3) is 0 Å². The number of methoxy groups -OCH3 is 1. The quantitative estimate of drug-likeness (QED) is 0.236. The molecule has 0 spiro atoms. The molecule has 2 unspecified atom stereocenters. The summed E-state index contributed by atoms with van der Waals surface area (Å²) in [5, 5.41) is 0.387. The maximum atomic E-state index is 14.0. The smallest absolute Gasteiger partial charge is 0.324 e. The van der Waals surface area contributed by atoms with Crippen LogP contribution in [0.1, 0.15) is 45.1 Å². The van der Waals surface area contributed by atoms with Crippen molar-refractivity contribution in [1.29, 1.82) is 0 Å². The zero-order chi connectivity index (χ0) is 24.3. The van der Waals surface area contributed by atoms with Gasteiger partial charge in [0.05, 0.1) is 12.7 Å². The molecule has 3 aromatic rings. The molecule has 0 bridgehead atoms. The van der Waals surface area contributed by atoms with Gasteiger partial charge in [0, 0.05) is 11.4 Å². The van der Waals surface area contributed by atoms with Gasteiger partial charge in [-0.05, 0) is 55.3 Å². The molecule has 0 radical (unpaired) electrons. The van der Waals surface area contributed by atoms with E-state index in [1.54, 1.807) is 18.2 Å². The maximum absolute atomic E-state index is 14.0. The van der Waals surface area contributed by atoms with Crippen molar-refractivity contribution in [2.24, 2.45) is 5.41 Å². The number of Topliss-reactive ketones (excluding diaryl/α,β-unsaturated/α-hetero) is 1. The molecular weight excluding hydrogens is 448 g/mol. The minimum atomic E-state index is -1.63. The molecule has 4 nitrogen and oxygen atoms in total. The summed E-state index contributed by atoms with van der Waals surface area (Å²) in [6.07, 6.45) is 2.68. The minimum absolute atomic E-state index is 0.0469. The topological polar surface area (TPSA) is 52.6 Å². The Kier molecular flexibility index (Phi) is 6.74. The average molecular weight is 473 g/mol. The van der Waals surface area contributed by atoms with Crippen LogP contribution in [0, 0.1) is 19.3 Å². The Morgan fingerprint density at radius 3 is 2.56 bits per heavy atom. The zero-order valence-electron chi connectivity index (χ0n) is 19.3. The van der Waals surface area contributed by atoms with Crippen molar-refractivity contribution >= 4 is 29.4 Å². The van der Waals surface area contributed by atoms with Crippen LogP contribution in [-0.2, 0) is 9.53 Å². The Morgan fingerprint density at radius 2 is 1.85 bits per heavy atom. The number of carbonyl (C=O) groups excluding carboxylic acids is 2. The maximum Gasteiger partial charge on any atom is 0.324 e. The normalized spacial score (nSPS) is 18.8. The molecule has 1 aliphatic heterocycles. The number of rotatable bonds is 5. The van der Waals surface area contributed by atoms with Gasteiger partial charge in [0.2, 0.25) is 0 Å².